The van der Waals surface area contributed by atoms with Crippen LogP contribution in [0.3, 0.4) is 0 Å². The second kappa shape index (κ2) is 41.6. The minimum atomic E-state index is -0.784. The number of carbonyl (C=O) groups is 3. The van der Waals surface area contributed by atoms with Gasteiger partial charge < -0.3 is 14.2 Å². The molecule has 6 heteroatoms. The summed E-state index contributed by atoms with van der Waals surface area (Å²) in [6.45, 7) is 6.36. The molecule has 302 valence electrons. The van der Waals surface area contributed by atoms with Crippen LogP contribution in [0.25, 0.3) is 0 Å². The summed E-state index contributed by atoms with van der Waals surface area (Å²) in [6.07, 6.45) is 50.6. The lowest BCUT2D eigenvalue weighted by Crippen LogP contribution is -2.30. The van der Waals surface area contributed by atoms with Crippen molar-refractivity contribution in [1.29, 1.82) is 0 Å². The van der Waals surface area contributed by atoms with Crippen LogP contribution in [0, 0.1) is 0 Å². The fourth-order valence-electron chi connectivity index (χ4n) is 5.50. The summed E-state index contributed by atoms with van der Waals surface area (Å²) >= 11 is 0. The third-order valence-corrected chi connectivity index (χ3v) is 8.73. The lowest BCUT2D eigenvalue weighted by atomic mass is 10.1. The Morgan fingerprint density at radius 2 is 0.736 bits per heavy atom. The molecule has 0 spiro atoms. The summed E-state index contributed by atoms with van der Waals surface area (Å²) < 4.78 is 16.5. The average Bonchev–Trinajstić information content (AvgIpc) is 3.15. The fraction of sp³-hybridized carbons (Fsp3) is 0.681. The first-order valence-electron chi connectivity index (χ1n) is 21.4. The fourth-order valence-corrected chi connectivity index (χ4v) is 5.50. The Hall–Kier alpha value is -3.15. The van der Waals surface area contributed by atoms with Crippen molar-refractivity contribution in [2.75, 3.05) is 13.2 Å². The maximum atomic E-state index is 12.6. The maximum absolute atomic E-state index is 12.6. The van der Waals surface area contributed by atoms with Crippen LogP contribution >= 0.6 is 0 Å². The van der Waals surface area contributed by atoms with Crippen molar-refractivity contribution in [2.24, 2.45) is 0 Å². The number of carbonyl (C=O) groups excluding carboxylic acids is 3. The highest BCUT2D eigenvalue weighted by Gasteiger charge is 2.19. The Balaban J connectivity index is 4.29. The molecule has 0 radical (unpaired) electrons. The summed E-state index contributed by atoms with van der Waals surface area (Å²) in [4.78, 5) is 37.3. The van der Waals surface area contributed by atoms with Crippen molar-refractivity contribution in [1.82, 2.24) is 0 Å². The van der Waals surface area contributed by atoms with Crippen molar-refractivity contribution in [3.63, 3.8) is 0 Å². The third kappa shape index (κ3) is 39.9. The highest BCUT2D eigenvalue weighted by molar-refractivity contribution is 5.71. The third-order valence-electron chi connectivity index (χ3n) is 8.73. The van der Waals surface area contributed by atoms with Crippen LogP contribution in [0.5, 0.6) is 0 Å². The molecule has 0 rings (SSSR count). The molecule has 0 bridgehead atoms. The predicted octanol–water partition coefficient (Wildman–Crippen LogP) is 13.5. The predicted molar refractivity (Wildman–Crippen MR) is 224 cm³/mol. The van der Waals surface area contributed by atoms with Crippen LogP contribution in [0.4, 0.5) is 0 Å². The van der Waals surface area contributed by atoms with Gasteiger partial charge in [-0.05, 0) is 70.6 Å². The van der Waals surface area contributed by atoms with Gasteiger partial charge in [0, 0.05) is 19.3 Å². The van der Waals surface area contributed by atoms with E-state index in [9.17, 15) is 14.4 Å². The first-order chi connectivity index (χ1) is 26.0. The molecule has 0 saturated carbocycles. The molecular weight excluding hydrogens is 661 g/mol. The van der Waals surface area contributed by atoms with Gasteiger partial charge in [-0.2, -0.15) is 0 Å². The number of esters is 3. The van der Waals surface area contributed by atoms with Gasteiger partial charge in [0.15, 0.2) is 6.10 Å². The highest BCUT2D eigenvalue weighted by Crippen LogP contribution is 2.12. The van der Waals surface area contributed by atoms with Crippen LogP contribution in [-0.2, 0) is 28.6 Å². The minimum absolute atomic E-state index is 0.0895. The molecule has 0 aromatic carbocycles. The molecule has 0 aliphatic carbocycles. The van der Waals surface area contributed by atoms with Gasteiger partial charge in [0.2, 0.25) is 0 Å². The first kappa shape index (κ1) is 49.9. The van der Waals surface area contributed by atoms with Crippen LogP contribution < -0.4 is 0 Å². The highest BCUT2D eigenvalue weighted by atomic mass is 16.6. The number of hydrogen-bond donors (Lipinski definition) is 0. The molecule has 6 nitrogen and oxygen atoms in total. The van der Waals surface area contributed by atoms with E-state index in [1.54, 1.807) is 0 Å². The van der Waals surface area contributed by atoms with Gasteiger partial charge in [-0.3, -0.25) is 14.4 Å². The van der Waals surface area contributed by atoms with Gasteiger partial charge in [0.05, 0.1) is 0 Å². The SMILES string of the molecule is CC/C=C\C/C=C\C/C=C\C/C=C\C/C=C\C/C=C\CCCCC(=O)OCC(COC(=O)CCCCCCCC)OC(=O)CCCCCCCCCC. The second-order valence-corrected chi connectivity index (χ2v) is 13.9. The smallest absolute Gasteiger partial charge is 0.306 e. The second-order valence-electron chi connectivity index (χ2n) is 13.9. The molecule has 0 fully saturated rings. The zero-order chi connectivity index (χ0) is 38.7. The van der Waals surface area contributed by atoms with E-state index in [4.69, 9.17) is 14.2 Å². The maximum Gasteiger partial charge on any atom is 0.306 e. The molecule has 0 aromatic rings. The van der Waals surface area contributed by atoms with Crippen molar-refractivity contribution in [3.8, 4) is 0 Å². The van der Waals surface area contributed by atoms with Crippen molar-refractivity contribution < 1.29 is 28.6 Å². The van der Waals surface area contributed by atoms with Gasteiger partial charge in [-0.25, -0.2) is 0 Å². The summed E-state index contributed by atoms with van der Waals surface area (Å²) in [5, 5.41) is 0. The summed E-state index contributed by atoms with van der Waals surface area (Å²) in [5.41, 5.74) is 0. The quantitative estimate of drug-likeness (QED) is 0.0273. The molecule has 0 N–H and O–H groups in total. The summed E-state index contributed by atoms with van der Waals surface area (Å²) in [5.74, 6) is -0.957. The number of rotatable bonds is 37. The molecule has 0 aliphatic heterocycles. The number of ether oxygens (including phenoxy) is 3. The largest absolute Gasteiger partial charge is 0.462 e. The Labute approximate surface area is 325 Å². The van der Waals surface area contributed by atoms with E-state index in [1.807, 2.05) is 0 Å². The molecule has 1 atom stereocenters. The van der Waals surface area contributed by atoms with E-state index in [2.05, 4.69) is 93.7 Å². The normalized spacial score (nSPS) is 12.7. The summed E-state index contributed by atoms with van der Waals surface area (Å²) in [7, 11) is 0. The van der Waals surface area contributed by atoms with E-state index >= 15 is 0 Å². The van der Waals surface area contributed by atoms with E-state index in [0.717, 1.165) is 96.3 Å². The van der Waals surface area contributed by atoms with Crippen molar-refractivity contribution in [2.45, 2.75) is 194 Å². The average molecular weight is 739 g/mol. The number of allylic oxidation sites excluding steroid dienone is 12. The number of hydrogen-bond acceptors (Lipinski definition) is 6. The lowest BCUT2D eigenvalue weighted by Gasteiger charge is -2.18. The van der Waals surface area contributed by atoms with Gasteiger partial charge in [-0.15, -0.1) is 0 Å². The Morgan fingerprint density at radius 1 is 0.396 bits per heavy atom. The zero-order valence-corrected chi connectivity index (χ0v) is 34.3. The first-order valence-corrected chi connectivity index (χ1v) is 21.4. The molecule has 0 heterocycles. The molecule has 0 saturated heterocycles. The van der Waals surface area contributed by atoms with Crippen LogP contribution in [0.15, 0.2) is 72.9 Å². The molecular formula is C47H78O6. The molecule has 0 aliphatic rings. The van der Waals surface area contributed by atoms with Crippen LogP contribution in [0.2, 0.25) is 0 Å². The zero-order valence-electron chi connectivity index (χ0n) is 34.3. The van der Waals surface area contributed by atoms with E-state index in [0.29, 0.717) is 19.3 Å². The van der Waals surface area contributed by atoms with Gasteiger partial charge in [-0.1, -0.05) is 171 Å². The molecule has 53 heavy (non-hydrogen) atoms. The molecule has 0 amide bonds. The van der Waals surface area contributed by atoms with E-state index < -0.39 is 6.10 Å². The monoisotopic (exact) mass is 739 g/mol. The van der Waals surface area contributed by atoms with Crippen molar-refractivity contribution >= 4 is 17.9 Å². The van der Waals surface area contributed by atoms with Crippen LogP contribution in [0.1, 0.15) is 188 Å². The minimum Gasteiger partial charge on any atom is -0.462 e. The van der Waals surface area contributed by atoms with E-state index in [-0.39, 0.29) is 31.1 Å². The standard InChI is InChI=1S/C47H78O6/c1-4-7-10-13-16-18-19-20-21-22-23-24-25-26-27-28-29-30-32-34-37-40-46(49)52-43-44(42-51-45(48)39-36-33-15-12-9-6-3)53-47(50)41-38-35-31-17-14-11-8-5-2/h7,10,16,18,20-21,23-24,26-27,29-30,44H,4-6,8-9,11-15,17,19,22,25,28,31-43H2,1-3H3/b10-7-,18-16-,21-20-,24-23-,27-26-,30-29-. The molecule has 0 aromatic heterocycles. The Bertz CT molecular complexity index is 1030. The number of unbranched alkanes of at least 4 members (excludes halogenated alkanes) is 14. The van der Waals surface area contributed by atoms with Crippen molar-refractivity contribution in [3.05, 3.63) is 72.9 Å². The Morgan fingerprint density at radius 3 is 1.15 bits per heavy atom. The van der Waals surface area contributed by atoms with Crippen LogP contribution in [-0.4, -0.2) is 37.2 Å². The molecule has 1 unspecified atom stereocenters. The summed E-state index contributed by atoms with van der Waals surface area (Å²) in [6, 6.07) is 0. The van der Waals surface area contributed by atoms with Gasteiger partial charge in [0.1, 0.15) is 13.2 Å². The Kier molecular flexibility index (Phi) is 39.1. The van der Waals surface area contributed by atoms with E-state index in [1.165, 1.54) is 51.4 Å². The van der Waals surface area contributed by atoms with Gasteiger partial charge >= 0.3 is 17.9 Å². The topological polar surface area (TPSA) is 78.9 Å². The lowest BCUT2D eigenvalue weighted by molar-refractivity contribution is -0.167. The van der Waals surface area contributed by atoms with Gasteiger partial charge in [0.25, 0.3) is 0 Å².